The summed E-state index contributed by atoms with van der Waals surface area (Å²) in [4.78, 5) is 33.1. The second-order valence-corrected chi connectivity index (χ2v) is 3.07. The SMILES string of the molecule is CC(C)=C1C(=O)NC(=O)[C@@H]1C(N)=O. The zero-order chi connectivity index (χ0) is 10.2. The lowest BCUT2D eigenvalue weighted by Crippen LogP contribution is -2.31. The van der Waals surface area contributed by atoms with Crippen molar-refractivity contribution in [2.45, 2.75) is 13.8 Å². The summed E-state index contributed by atoms with van der Waals surface area (Å²) < 4.78 is 0. The number of primary amides is 1. The number of allylic oxidation sites excluding steroid dienone is 1. The van der Waals surface area contributed by atoms with E-state index in [1.807, 2.05) is 5.32 Å². The Hall–Kier alpha value is -1.65. The lowest BCUT2D eigenvalue weighted by atomic mass is 9.97. The smallest absolute Gasteiger partial charge is 0.255 e. The third-order valence-corrected chi connectivity index (χ3v) is 1.86. The summed E-state index contributed by atoms with van der Waals surface area (Å²) in [6.07, 6.45) is 0. The number of carbonyl (C=O) groups is 3. The summed E-state index contributed by atoms with van der Waals surface area (Å²) in [5, 5.41) is 2.04. The predicted molar refractivity (Wildman–Crippen MR) is 44.2 cm³/mol. The molecular weight excluding hydrogens is 172 g/mol. The second kappa shape index (κ2) is 3.01. The minimum absolute atomic E-state index is 0.178. The third kappa shape index (κ3) is 1.44. The molecule has 13 heavy (non-hydrogen) atoms. The maximum Gasteiger partial charge on any atom is 0.255 e. The Morgan fingerprint density at radius 2 is 1.92 bits per heavy atom. The normalized spacial score (nSPS) is 21.7. The predicted octanol–water partition coefficient (Wildman–Crippen LogP) is -0.919. The van der Waals surface area contributed by atoms with E-state index in [1.165, 1.54) is 0 Å². The molecule has 0 radical (unpaired) electrons. The van der Waals surface area contributed by atoms with E-state index >= 15 is 0 Å². The number of rotatable bonds is 1. The van der Waals surface area contributed by atoms with E-state index < -0.39 is 23.6 Å². The number of nitrogens with two attached hydrogens (primary N) is 1. The van der Waals surface area contributed by atoms with Gasteiger partial charge in [0, 0.05) is 5.57 Å². The van der Waals surface area contributed by atoms with Crippen molar-refractivity contribution in [3.05, 3.63) is 11.1 Å². The Bertz CT molecular complexity index is 326. The van der Waals surface area contributed by atoms with Crippen LogP contribution in [-0.4, -0.2) is 17.7 Å². The van der Waals surface area contributed by atoms with Gasteiger partial charge in [0.2, 0.25) is 11.8 Å². The van der Waals surface area contributed by atoms with Gasteiger partial charge in [-0.2, -0.15) is 0 Å². The highest BCUT2D eigenvalue weighted by atomic mass is 16.2. The monoisotopic (exact) mass is 182 g/mol. The highest BCUT2D eigenvalue weighted by Gasteiger charge is 2.40. The fraction of sp³-hybridized carbons (Fsp3) is 0.375. The Morgan fingerprint density at radius 3 is 2.23 bits per heavy atom. The molecule has 70 valence electrons. The van der Waals surface area contributed by atoms with Crippen molar-refractivity contribution in [3.63, 3.8) is 0 Å². The van der Waals surface area contributed by atoms with Gasteiger partial charge in [-0.3, -0.25) is 19.7 Å². The summed E-state index contributed by atoms with van der Waals surface area (Å²) in [6.45, 7) is 3.31. The van der Waals surface area contributed by atoms with Crippen LogP contribution in [-0.2, 0) is 14.4 Å². The van der Waals surface area contributed by atoms with E-state index in [1.54, 1.807) is 13.8 Å². The zero-order valence-corrected chi connectivity index (χ0v) is 7.38. The molecule has 5 nitrogen and oxygen atoms in total. The molecule has 1 rings (SSSR count). The summed E-state index contributed by atoms with van der Waals surface area (Å²) in [5.41, 5.74) is 5.80. The largest absolute Gasteiger partial charge is 0.369 e. The van der Waals surface area contributed by atoms with Crippen molar-refractivity contribution in [2.75, 3.05) is 0 Å². The molecule has 0 saturated carbocycles. The van der Waals surface area contributed by atoms with Crippen LogP contribution in [0.5, 0.6) is 0 Å². The van der Waals surface area contributed by atoms with Crippen LogP contribution in [0.15, 0.2) is 11.1 Å². The van der Waals surface area contributed by atoms with Crippen molar-refractivity contribution >= 4 is 17.7 Å². The summed E-state index contributed by atoms with van der Waals surface area (Å²) in [7, 11) is 0. The van der Waals surface area contributed by atoms with Gasteiger partial charge < -0.3 is 5.73 Å². The summed E-state index contributed by atoms with van der Waals surface area (Å²) >= 11 is 0. The van der Waals surface area contributed by atoms with Gasteiger partial charge in [0.15, 0.2) is 0 Å². The van der Waals surface area contributed by atoms with E-state index in [2.05, 4.69) is 0 Å². The van der Waals surface area contributed by atoms with Crippen LogP contribution in [0.3, 0.4) is 0 Å². The first-order valence-corrected chi connectivity index (χ1v) is 3.77. The highest BCUT2D eigenvalue weighted by molar-refractivity contribution is 6.23. The number of hydrogen-bond acceptors (Lipinski definition) is 3. The quantitative estimate of drug-likeness (QED) is 0.312. The molecule has 1 heterocycles. The molecule has 3 amide bonds. The first-order valence-electron chi connectivity index (χ1n) is 3.77. The first kappa shape index (κ1) is 9.44. The maximum absolute atomic E-state index is 11.1. The van der Waals surface area contributed by atoms with Gasteiger partial charge in [-0.15, -0.1) is 0 Å². The fourth-order valence-electron chi connectivity index (χ4n) is 1.30. The number of imide groups is 1. The van der Waals surface area contributed by atoms with Gasteiger partial charge in [0.05, 0.1) is 0 Å². The van der Waals surface area contributed by atoms with Crippen LogP contribution in [0.1, 0.15) is 13.8 Å². The number of amides is 3. The van der Waals surface area contributed by atoms with Crippen LogP contribution in [0.25, 0.3) is 0 Å². The minimum atomic E-state index is -1.11. The van der Waals surface area contributed by atoms with Crippen molar-refractivity contribution in [1.29, 1.82) is 0 Å². The molecule has 0 spiro atoms. The van der Waals surface area contributed by atoms with Crippen molar-refractivity contribution in [1.82, 2.24) is 5.32 Å². The number of carbonyl (C=O) groups excluding carboxylic acids is 3. The Labute approximate surface area is 75.0 Å². The maximum atomic E-state index is 11.1. The van der Waals surface area contributed by atoms with Crippen LogP contribution < -0.4 is 11.1 Å². The van der Waals surface area contributed by atoms with Crippen LogP contribution >= 0.6 is 0 Å². The fourth-order valence-corrected chi connectivity index (χ4v) is 1.30. The van der Waals surface area contributed by atoms with Crippen LogP contribution in [0.2, 0.25) is 0 Å². The average Bonchev–Trinajstić information content (AvgIpc) is 2.24. The van der Waals surface area contributed by atoms with Crippen LogP contribution in [0.4, 0.5) is 0 Å². The molecule has 3 N–H and O–H groups in total. The Kier molecular flexibility index (Phi) is 2.18. The van der Waals surface area contributed by atoms with E-state index in [4.69, 9.17) is 5.73 Å². The molecule has 1 aliphatic heterocycles. The topological polar surface area (TPSA) is 89.3 Å². The van der Waals surface area contributed by atoms with Crippen molar-refractivity contribution in [2.24, 2.45) is 11.7 Å². The molecule has 0 aliphatic carbocycles. The number of nitrogens with one attached hydrogen (secondary N) is 1. The van der Waals surface area contributed by atoms with E-state index in [9.17, 15) is 14.4 Å². The first-order chi connectivity index (χ1) is 5.95. The van der Waals surface area contributed by atoms with E-state index in [-0.39, 0.29) is 5.57 Å². The molecule has 1 fully saturated rings. The standard InChI is InChI=1S/C8H10N2O3/c1-3(2)4-5(6(9)11)8(13)10-7(4)12/h5H,1-2H3,(H2,9,11)(H,10,12,13)/t5-/m0/s1. The highest BCUT2D eigenvalue weighted by Crippen LogP contribution is 2.21. The Balaban J connectivity index is 3.20. The minimum Gasteiger partial charge on any atom is -0.369 e. The van der Waals surface area contributed by atoms with Gasteiger partial charge in [0.1, 0.15) is 5.92 Å². The van der Waals surface area contributed by atoms with Gasteiger partial charge in [-0.1, -0.05) is 5.57 Å². The lowest BCUT2D eigenvalue weighted by molar-refractivity contribution is -0.130. The summed E-state index contributed by atoms with van der Waals surface area (Å²) in [6, 6.07) is 0. The van der Waals surface area contributed by atoms with Gasteiger partial charge in [-0.25, -0.2) is 0 Å². The number of hydrogen-bond donors (Lipinski definition) is 2. The summed E-state index contributed by atoms with van der Waals surface area (Å²) in [5.74, 6) is -3.06. The lowest BCUT2D eigenvalue weighted by Gasteiger charge is -2.03. The van der Waals surface area contributed by atoms with Crippen molar-refractivity contribution < 1.29 is 14.4 Å². The Morgan fingerprint density at radius 1 is 1.38 bits per heavy atom. The molecule has 0 unspecified atom stereocenters. The molecule has 0 aromatic heterocycles. The second-order valence-electron chi connectivity index (χ2n) is 3.07. The molecule has 0 bridgehead atoms. The zero-order valence-electron chi connectivity index (χ0n) is 7.38. The molecule has 0 aromatic carbocycles. The molecule has 0 aromatic rings. The molecule has 5 heteroatoms. The molecule has 1 saturated heterocycles. The molecule has 1 atom stereocenters. The van der Waals surface area contributed by atoms with E-state index in [0.717, 1.165) is 0 Å². The van der Waals surface area contributed by atoms with Gasteiger partial charge in [-0.05, 0) is 13.8 Å². The van der Waals surface area contributed by atoms with Gasteiger partial charge >= 0.3 is 0 Å². The van der Waals surface area contributed by atoms with Crippen LogP contribution in [0, 0.1) is 5.92 Å². The third-order valence-electron chi connectivity index (χ3n) is 1.86. The molecule has 1 aliphatic rings. The van der Waals surface area contributed by atoms with E-state index in [0.29, 0.717) is 5.57 Å². The molecular formula is C8H10N2O3. The van der Waals surface area contributed by atoms with Crippen molar-refractivity contribution in [3.8, 4) is 0 Å². The average molecular weight is 182 g/mol. The van der Waals surface area contributed by atoms with Gasteiger partial charge in [0.25, 0.3) is 5.91 Å².